The van der Waals surface area contributed by atoms with Gasteiger partial charge >= 0.3 is 6.18 Å². The first kappa shape index (κ1) is 12.7. The SMILES string of the molecule is Cc1ncc(Cn2cc(C(=O)C(F)(F)F)nn2)s1. The van der Waals surface area contributed by atoms with Crippen molar-refractivity contribution in [3.63, 3.8) is 0 Å². The Morgan fingerprint density at radius 2 is 2.22 bits per heavy atom. The second kappa shape index (κ2) is 4.48. The maximum Gasteiger partial charge on any atom is 0.456 e. The topological polar surface area (TPSA) is 60.7 Å². The van der Waals surface area contributed by atoms with Crippen LogP contribution in [-0.2, 0) is 6.54 Å². The molecule has 18 heavy (non-hydrogen) atoms. The Morgan fingerprint density at radius 1 is 1.50 bits per heavy atom. The maximum atomic E-state index is 12.1. The summed E-state index contributed by atoms with van der Waals surface area (Å²) in [6, 6.07) is 0. The van der Waals surface area contributed by atoms with E-state index in [-0.39, 0.29) is 6.54 Å². The molecule has 2 aromatic rings. The molecule has 0 unspecified atom stereocenters. The van der Waals surface area contributed by atoms with Gasteiger partial charge in [0.2, 0.25) is 0 Å². The number of aryl methyl sites for hydroxylation is 1. The van der Waals surface area contributed by atoms with E-state index in [0.717, 1.165) is 16.1 Å². The number of hydrogen-bond acceptors (Lipinski definition) is 5. The second-order valence-corrected chi connectivity index (χ2v) is 4.79. The van der Waals surface area contributed by atoms with Crippen molar-refractivity contribution in [2.75, 3.05) is 0 Å². The van der Waals surface area contributed by atoms with Gasteiger partial charge in [-0.3, -0.25) is 4.79 Å². The first-order valence-electron chi connectivity index (χ1n) is 4.79. The van der Waals surface area contributed by atoms with Crippen molar-refractivity contribution < 1.29 is 18.0 Å². The van der Waals surface area contributed by atoms with Gasteiger partial charge in [0.25, 0.3) is 5.78 Å². The first-order chi connectivity index (χ1) is 8.36. The van der Waals surface area contributed by atoms with Crippen LogP contribution in [0.5, 0.6) is 0 Å². The summed E-state index contributed by atoms with van der Waals surface area (Å²) in [5.74, 6) is -1.99. The molecule has 0 saturated carbocycles. The minimum atomic E-state index is -4.93. The number of Topliss-reactive ketones (excluding diaryl/α,β-unsaturated/α-hetero) is 1. The third kappa shape index (κ3) is 2.73. The molecule has 0 amide bonds. The summed E-state index contributed by atoms with van der Waals surface area (Å²) in [5.41, 5.74) is -0.705. The normalized spacial score (nSPS) is 11.8. The van der Waals surface area contributed by atoms with E-state index in [4.69, 9.17) is 0 Å². The summed E-state index contributed by atoms with van der Waals surface area (Å²) in [6.45, 7) is 2.05. The number of ketones is 1. The van der Waals surface area contributed by atoms with Crippen LogP contribution in [0.25, 0.3) is 0 Å². The monoisotopic (exact) mass is 276 g/mol. The third-order valence-corrected chi connectivity index (χ3v) is 2.91. The highest BCUT2D eigenvalue weighted by Gasteiger charge is 2.41. The fraction of sp³-hybridized carbons (Fsp3) is 0.333. The third-order valence-electron chi connectivity index (χ3n) is 2.02. The summed E-state index contributed by atoms with van der Waals surface area (Å²) in [7, 11) is 0. The highest BCUT2D eigenvalue weighted by Crippen LogP contribution is 2.20. The van der Waals surface area contributed by atoms with Gasteiger partial charge in [0.1, 0.15) is 0 Å². The zero-order valence-electron chi connectivity index (χ0n) is 9.10. The van der Waals surface area contributed by atoms with Crippen molar-refractivity contribution in [2.24, 2.45) is 0 Å². The summed E-state index contributed by atoms with van der Waals surface area (Å²) >= 11 is 1.40. The summed E-state index contributed by atoms with van der Waals surface area (Å²) in [4.78, 5) is 15.7. The highest BCUT2D eigenvalue weighted by atomic mass is 32.1. The number of carbonyl (C=O) groups excluding carboxylic acids is 1. The van der Waals surface area contributed by atoms with E-state index in [1.54, 1.807) is 6.20 Å². The molecule has 0 bridgehead atoms. The number of nitrogens with zero attached hydrogens (tertiary/aromatic N) is 4. The molecule has 2 rings (SSSR count). The summed E-state index contributed by atoms with van der Waals surface area (Å²) in [5, 5.41) is 7.54. The molecule has 0 aliphatic rings. The van der Waals surface area contributed by atoms with Gasteiger partial charge in [-0.2, -0.15) is 13.2 Å². The van der Waals surface area contributed by atoms with Crippen molar-refractivity contribution in [1.82, 2.24) is 20.0 Å². The average molecular weight is 276 g/mol. The number of thiazole rings is 1. The Hall–Kier alpha value is -1.77. The summed E-state index contributed by atoms with van der Waals surface area (Å²) < 4.78 is 37.6. The fourth-order valence-electron chi connectivity index (χ4n) is 1.26. The lowest BCUT2D eigenvalue weighted by molar-refractivity contribution is -0.0888. The standard InChI is InChI=1S/C9H7F3N4OS/c1-5-13-2-6(18-5)3-16-4-7(14-15-16)8(17)9(10,11)12/h2,4H,3H2,1H3. The Labute approximate surface area is 103 Å². The van der Waals surface area contributed by atoms with Gasteiger partial charge in [-0.1, -0.05) is 5.21 Å². The van der Waals surface area contributed by atoms with E-state index < -0.39 is 17.7 Å². The molecule has 96 valence electrons. The molecular weight excluding hydrogens is 269 g/mol. The molecule has 0 N–H and O–H groups in total. The van der Waals surface area contributed by atoms with Crippen molar-refractivity contribution in [3.05, 3.63) is 28.0 Å². The quantitative estimate of drug-likeness (QED) is 0.802. The predicted octanol–water partition coefficient (Wildman–Crippen LogP) is 1.84. The van der Waals surface area contributed by atoms with Crippen LogP contribution in [0.1, 0.15) is 20.4 Å². The molecule has 2 aromatic heterocycles. The van der Waals surface area contributed by atoms with Crippen LogP contribution in [0.3, 0.4) is 0 Å². The van der Waals surface area contributed by atoms with Crippen LogP contribution >= 0.6 is 11.3 Å². The Balaban J connectivity index is 2.14. The first-order valence-corrected chi connectivity index (χ1v) is 5.61. The van der Waals surface area contributed by atoms with Crippen molar-refractivity contribution in [3.8, 4) is 0 Å². The molecule has 0 aliphatic carbocycles. The number of rotatable bonds is 3. The number of alkyl halides is 3. The van der Waals surface area contributed by atoms with Crippen molar-refractivity contribution in [2.45, 2.75) is 19.6 Å². The highest BCUT2D eigenvalue weighted by molar-refractivity contribution is 7.11. The minimum absolute atomic E-state index is 0.240. The van der Waals surface area contributed by atoms with Crippen LogP contribution in [0.15, 0.2) is 12.4 Å². The van der Waals surface area contributed by atoms with Gasteiger partial charge in [-0.25, -0.2) is 9.67 Å². The van der Waals surface area contributed by atoms with E-state index in [1.807, 2.05) is 6.92 Å². The molecule has 0 saturated heterocycles. The lowest BCUT2D eigenvalue weighted by atomic mass is 10.3. The Morgan fingerprint density at radius 3 is 2.78 bits per heavy atom. The zero-order valence-corrected chi connectivity index (χ0v) is 9.92. The summed E-state index contributed by atoms with van der Waals surface area (Å²) in [6.07, 6.45) is -2.35. The van der Waals surface area contributed by atoms with Gasteiger partial charge in [0.15, 0.2) is 5.69 Å². The Bertz CT molecular complexity index is 574. The lowest BCUT2D eigenvalue weighted by Crippen LogP contribution is -2.23. The van der Waals surface area contributed by atoms with Crippen LogP contribution in [0.4, 0.5) is 13.2 Å². The molecule has 2 heterocycles. The average Bonchev–Trinajstić information content (AvgIpc) is 2.86. The van der Waals surface area contributed by atoms with Crippen LogP contribution in [0, 0.1) is 6.92 Å². The predicted molar refractivity (Wildman–Crippen MR) is 56.4 cm³/mol. The van der Waals surface area contributed by atoms with Crippen LogP contribution in [0.2, 0.25) is 0 Å². The number of aromatic nitrogens is 4. The van der Waals surface area contributed by atoms with E-state index in [9.17, 15) is 18.0 Å². The minimum Gasteiger partial charge on any atom is -0.282 e. The molecule has 0 atom stereocenters. The van der Waals surface area contributed by atoms with Crippen LogP contribution in [-0.4, -0.2) is 31.9 Å². The molecule has 5 nitrogen and oxygen atoms in total. The van der Waals surface area contributed by atoms with Gasteiger partial charge < -0.3 is 0 Å². The van der Waals surface area contributed by atoms with E-state index >= 15 is 0 Å². The van der Waals surface area contributed by atoms with Crippen molar-refractivity contribution >= 4 is 17.1 Å². The Kier molecular flexibility index (Phi) is 3.16. The van der Waals surface area contributed by atoms with Gasteiger partial charge in [-0.15, -0.1) is 16.4 Å². The molecular formula is C9H7F3N4OS. The van der Waals surface area contributed by atoms with Crippen LogP contribution < -0.4 is 0 Å². The molecule has 0 aromatic carbocycles. The lowest BCUT2D eigenvalue weighted by Gasteiger charge is -1.99. The largest absolute Gasteiger partial charge is 0.456 e. The molecule has 0 spiro atoms. The van der Waals surface area contributed by atoms with Gasteiger partial charge in [0, 0.05) is 11.1 Å². The van der Waals surface area contributed by atoms with E-state index in [2.05, 4.69) is 15.3 Å². The van der Waals surface area contributed by atoms with Gasteiger partial charge in [0.05, 0.1) is 17.7 Å². The number of hydrogen-bond donors (Lipinski definition) is 0. The van der Waals surface area contributed by atoms with E-state index in [0.29, 0.717) is 0 Å². The van der Waals surface area contributed by atoms with E-state index in [1.165, 1.54) is 16.0 Å². The molecule has 0 fully saturated rings. The number of carbonyl (C=O) groups is 1. The van der Waals surface area contributed by atoms with Gasteiger partial charge in [-0.05, 0) is 6.92 Å². The fourth-order valence-corrected chi connectivity index (χ4v) is 2.05. The second-order valence-electron chi connectivity index (χ2n) is 3.47. The smallest absolute Gasteiger partial charge is 0.282 e. The zero-order chi connectivity index (χ0) is 13.3. The number of halogens is 3. The van der Waals surface area contributed by atoms with Crippen molar-refractivity contribution in [1.29, 1.82) is 0 Å². The molecule has 9 heteroatoms. The molecule has 0 aliphatic heterocycles. The maximum absolute atomic E-state index is 12.1. The molecule has 0 radical (unpaired) electrons.